The lowest BCUT2D eigenvalue weighted by molar-refractivity contribution is -0.151. The first-order valence-corrected chi connectivity index (χ1v) is 5.69. The van der Waals surface area contributed by atoms with Crippen molar-refractivity contribution in [3.63, 3.8) is 0 Å². The van der Waals surface area contributed by atoms with Gasteiger partial charge in [-0.3, -0.25) is 4.79 Å². The molecule has 1 fully saturated rings. The third kappa shape index (κ3) is 3.20. The molecular formula is C11H20N2O3. The Morgan fingerprint density at radius 1 is 1.56 bits per heavy atom. The second-order valence-corrected chi connectivity index (χ2v) is 4.28. The number of hydrogen-bond acceptors (Lipinski definition) is 4. The van der Waals surface area contributed by atoms with E-state index >= 15 is 0 Å². The van der Waals surface area contributed by atoms with Gasteiger partial charge < -0.3 is 15.4 Å². The fraction of sp³-hybridized carbons (Fsp3) is 0.818. The third-order valence-corrected chi connectivity index (χ3v) is 2.86. The minimum Gasteiger partial charge on any atom is -0.467 e. The van der Waals surface area contributed by atoms with Crippen LogP contribution in [0.1, 0.15) is 32.6 Å². The predicted molar refractivity (Wildman–Crippen MR) is 59.6 cm³/mol. The summed E-state index contributed by atoms with van der Waals surface area (Å²) in [7, 11) is 1.35. The molecule has 0 spiro atoms. The fourth-order valence-corrected chi connectivity index (χ4v) is 1.94. The van der Waals surface area contributed by atoms with Crippen LogP contribution >= 0.6 is 0 Å². The van der Waals surface area contributed by atoms with Crippen LogP contribution in [0.15, 0.2) is 0 Å². The second kappa shape index (κ2) is 5.84. The SMILES string of the molecule is COC(=O)C1CCCN1C(=O)CCC(C)N. The number of amides is 1. The molecule has 0 radical (unpaired) electrons. The van der Waals surface area contributed by atoms with Gasteiger partial charge in [0.25, 0.3) is 0 Å². The Labute approximate surface area is 95.9 Å². The van der Waals surface area contributed by atoms with Gasteiger partial charge in [0.05, 0.1) is 7.11 Å². The smallest absolute Gasteiger partial charge is 0.328 e. The molecule has 2 N–H and O–H groups in total. The summed E-state index contributed by atoms with van der Waals surface area (Å²) in [6.45, 7) is 2.52. The lowest BCUT2D eigenvalue weighted by Gasteiger charge is -2.22. The van der Waals surface area contributed by atoms with Crippen molar-refractivity contribution >= 4 is 11.9 Å². The summed E-state index contributed by atoms with van der Waals surface area (Å²) in [5.41, 5.74) is 5.60. The molecule has 5 nitrogen and oxygen atoms in total. The van der Waals surface area contributed by atoms with E-state index in [2.05, 4.69) is 4.74 Å². The van der Waals surface area contributed by atoms with E-state index in [1.165, 1.54) is 7.11 Å². The van der Waals surface area contributed by atoms with Gasteiger partial charge in [-0.15, -0.1) is 0 Å². The molecule has 0 aromatic rings. The molecule has 2 unspecified atom stereocenters. The van der Waals surface area contributed by atoms with Gasteiger partial charge >= 0.3 is 5.97 Å². The number of ether oxygens (including phenoxy) is 1. The monoisotopic (exact) mass is 228 g/mol. The molecule has 1 aliphatic rings. The number of carbonyl (C=O) groups is 2. The van der Waals surface area contributed by atoms with Crippen LogP contribution < -0.4 is 5.73 Å². The van der Waals surface area contributed by atoms with Gasteiger partial charge in [0, 0.05) is 19.0 Å². The molecule has 1 amide bonds. The number of nitrogens with two attached hydrogens (primary N) is 1. The average molecular weight is 228 g/mol. The van der Waals surface area contributed by atoms with Crippen molar-refractivity contribution in [2.75, 3.05) is 13.7 Å². The van der Waals surface area contributed by atoms with Crippen molar-refractivity contribution in [2.24, 2.45) is 5.73 Å². The maximum absolute atomic E-state index is 11.8. The molecule has 5 heteroatoms. The highest BCUT2D eigenvalue weighted by atomic mass is 16.5. The van der Waals surface area contributed by atoms with Crippen LogP contribution in [0.25, 0.3) is 0 Å². The molecule has 1 heterocycles. The van der Waals surface area contributed by atoms with Crippen molar-refractivity contribution in [1.29, 1.82) is 0 Å². The minimum absolute atomic E-state index is 0.00481. The van der Waals surface area contributed by atoms with E-state index < -0.39 is 0 Å². The van der Waals surface area contributed by atoms with E-state index in [9.17, 15) is 9.59 Å². The highest BCUT2D eigenvalue weighted by Gasteiger charge is 2.34. The van der Waals surface area contributed by atoms with Crippen LogP contribution in [0.5, 0.6) is 0 Å². The van der Waals surface area contributed by atoms with Crippen LogP contribution in [-0.4, -0.2) is 42.5 Å². The van der Waals surface area contributed by atoms with Gasteiger partial charge in [-0.2, -0.15) is 0 Å². The van der Waals surface area contributed by atoms with Crippen LogP contribution in [0.3, 0.4) is 0 Å². The number of esters is 1. The normalized spacial score (nSPS) is 21.9. The Morgan fingerprint density at radius 3 is 2.81 bits per heavy atom. The summed E-state index contributed by atoms with van der Waals surface area (Å²) in [6, 6.07) is -0.367. The Balaban J connectivity index is 2.51. The first-order chi connectivity index (χ1) is 7.56. The van der Waals surface area contributed by atoms with Gasteiger partial charge in [-0.25, -0.2) is 4.79 Å². The van der Waals surface area contributed by atoms with Crippen molar-refractivity contribution < 1.29 is 14.3 Å². The Morgan fingerprint density at radius 2 is 2.25 bits per heavy atom. The molecule has 0 bridgehead atoms. The standard InChI is InChI=1S/C11H20N2O3/c1-8(12)5-6-10(14)13-7-3-4-9(13)11(15)16-2/h8-9H,3-7,12H2,1-2H3. The number of hydrogen-bond donors (Lipinski definition) is 1. The van der Waals surface area contributed by atoms with Crippen molar-refractivity contribution in [3.05, 3.63) is 0 Å². The van der Waals surface area contributed by atoms with E-state index in [-0.39, 0.29) is 24.0 Å². The molecule has 92 valence electrons. The zero-order valence-corrected chi connectivity index (χ0v) is 9.94. The lowest BCUT2D eigenvalue weighted by atomic mass is 10.1. The van der Waals surface area contributed by atoms with E-state index in [1.54, 1.807) is 4.90 Å². The Bertz CT molecular complexity index is 266. The molecule has 0 aromatic heterocycles. The van der Waals surface area contributed by atoms with Crippen molar-refractivity contribution in [1.82, 2.24) is 4.90 Å². The number of carbonyl (C=O) groups excluding carboxylic acids is 2. The summed E-state index contributed by atoms with van der Waals surface area (Å²) >= 11 is 0. The predicted octanol–water partition coefficient (Wildman–Crippen LogP) is 0.278. The minimum atomic E-state index is -0.384. The van der Waals surface area contributed by atoms with Crippen LogP contribution in [0.4, 0.5) is 0 Å². The summed E-state index contributed by atoms with van der Waals surface area (Å²) < 4.78 is 4.68. The highest BCUT2D eigenvalue weighted by Crippen LogP contribution is 2.19. The molecule has 2 atom stereocenters. The molecule has 0 aromatic carbocycles. The van der Waals surface area contributed by atoms with Crippen molar-refractivity contribution in [2.45, 2.75) is 44.7 Å². The number of methoxy groups -OCH3 is 1. The van der Waals surface area contributed by atoms with Gasteiger partial charge in [0.2, 0.25) is 5.91 Å². The van der Waals surface area contributed by atoms with Gasteiger partial charge in [0.15, 0.2) is 0 Å². The third-order valence-electron chi connectivity index (χ3n) is 2.86. The van der Waals surface area contributed by atoms with Gasteiger partial charge in [0.1, 0.15) is 6.04 Å². The molecule has 16 heavy (non-hydrogen) atoms. The molecule has 0 saturated carbocycles. The Kier molecular flexibility index (Phi) is 4.73. The molecular weight excluding hydrogens is 208 g/mol. The number of rotatable bonds is 4. The largest absolute Gasteiger partial charge is 0.467 e. The zero-order chi connectivity index (χ0) is 12.1. The van der Waals surface area contributed by atoms with E-state index in [4.69, 9.17) is 5.73 Å². The number of nitrogens with zero attached hydrogens (tertiary/aromatic N) is 1. The summed E-state index contributed by atoms with van der Waals surface area (Å²) in [6.07, 6.45) is 2.63. The first-order valence-electron chi connectivity index (χ1n) is 5.69. The average Bonchev–Trinajstić information content (AvgIpc) is 2.73. The molecule has 1 aliphatic heterocycles. The maximum atomic E-state index is 11.8. The van der Waals surface area contributed by atoms with Gasteiger partial charge in [-0.1, -0.05) is 0 Å². The van der Waals surface area contributed by atoms with E-state index in [0.717, 1.165) is 6.42 Å². The maximum Gasteiger partial charge on any atom is 0.328 e. The van der Waals surface area contributed by atoms with Crippen LogP contribution in [0, 0.1) is 0 Å². The lowest BCUT2D eigenvalue weighted by Crippen LogP contribution is -2.41. The topological polar surface area (TPSA) is 72.6 Å². The van der Waals surface area contributed by atoms with E-state index in [0.29, 0.717) is 25.8 Å². The quantitative estimate of drug-likeness (QED) is 0.701. The summed E-state index contributed by atoms with van der Waals surface area (Å²) in [5.74, 6) is -0.308. The first kappa shape index (κ1) is 13.0. The van der Waals surface area contributed by atoms with E-state index in [1.807, 2.05) is 6.92 Å². The van der Waals surface area contributed by atoms with Crippen LogP contribution in [-0.2, 0) is 14.3 Å². The van der Waals surface area contributed by atoms with Crippen molar-refractivity contribution in [3.8, 4) is 0 Å². The zero-order valence-electron chi connectivity index (χ0n) is 9.94. The molecule has 1 saturated heterocycles. The highest BCUT2D eigenvalue weighted by molar-refractivity contribution is 5.85. The summed E-state index contributed by atoms with van der Waals surface area (Å²) in [5, 5.41) is 0. The fourth-order valence-electron chi connectivity index (χ4n) is 1.94. The van der Waals surface area contributed by atoms with Gasteiger partial charge in [-0.05, 0) is 26.2 Å². The van der Waals surface area contributed by atoms with Crippen LogP contribution in [0.2, 0.25) is 0 Å². The molecule has 1 rings (SSSR count). The second-order valence-electron chi connectivity index (χ2n) is 4.28. The number of likely N-dealkylation sites (tertiary alicyclic amines) is 1. The molecule has 0 aliphatic carbocycles. The summed E-state index contributed by atoms with van der Waals surface area (Å²) in [4.78, 5) is 24.9. The Hall–Kier alpha value is -1.10.